The van der Waals surface area contributed by atoms with Gasteiger partial charge < -0.3 is 9.64 Å². The summed E-state index contributed by atoms with van der Waals surface area (Å²) < 4.78 is 5.06. The van der Waals surface area contributed by atoms with Crippen LogP contribution in [0.1, 0.15) is 41.3 Å². The Hall–Kier alpha value is -2.14. The Morgan fingerprint density at radius 2 is 1.67 bits per heavy atom. The zero-order valence-corrected chi connectivity index (χ0v) is 18.6. The molecule has 160 valence electrons. The molecule has 0 aromatic heterocycles. The highest BCUT2D eigenvalue weighted by Crippen LogP contribution is 2.19. The fourth-order valence-electron chi connectivity index (χ4n) is 3.72. The monoisotopic (exact) mass is 426 g/mol. The van der Waals surface area contributed by atoms with Crippen molar-refractivity contribution in [2.75, 3.05) is 45.9 Å². The van der Waals surface area contributed by atoms with E-state index in [1.807, 2.05) is 43.3 Å². The molecule has 0 N–H and O–H groups in total. The van der Waals surface area contributed by atoms with Gasteiger partial charge in [-0.2, -0.15) is 0 Å². The molecule has 1 fully saturated rings. The van der Waals surface area contributed by atoms with Crippen LogP contribution in [0, 0.1) is 0 Å². The van der Waals surface area contributed by atoms with Crippen molar-refractivity contribution in [3.8, 4) is 0 Å². The zero-order chi connectivity index (χ0) is 21.3. The first-order chi connectivity index (χ1) is 14.5. The van der Waals surface area contributed by atoms with E-state index in [-0.39, 0.29) is 5.97 Å². The Labute approximate surface area is 185 Å². The third-order valence-corrected chi connectivity index (χ3v) is 5.78. The molecule has 4 nitrogen and oxygen atoms in total. The van der Waals surface area contributed by atoms with E-state index in [2.05, 4.69) is 41.0 Å². The number of rotatable bonds is 8. The predicted octanol–water partition coefficient (Wildman–Crippen LogP) is 4.95. The summed E-state index contributed by atoms with van der Waals surface area (Å²) in [5.74, 6) is 0.176. The van der Waals surface area contributed by atoms with Gasteiger partial charge in [0.25, 0.3) is 0 Å². The lowest BCUT2D eigenvalue weighted by atomic mass is 9.99. The molecule has 1 atom stereocenters. The first-order valence-corrected chi connectivity index (χ1v) is 11.1. The molecular weight excluding hydrogens is 396 g/mol. The largest absolute Gasteiger partial charge is 0.462 e. The molecule has 0 bridgehead atoms. The van der Waals surface area contributed by atoms with Gasteiger partial charge in [-0.3, -0.25) is 4.90 Å². The highest BCUT2D eigenvalue weighted by molar-refractivity contribution is 6.30. The molecule has 0 saturated carbocycles. The molecule has 1 aliphatic heterocycles. The summed E-state index contributed by atoms with van der Waals surface area (Å²) >= 11 is 5.93. The first kappa shape index (κ1) is 22.5. The first-order valence-electron chi connectivity index (χ1n) is 10.7. The van der Waals surface area contributed by atoms with Crippen molar-refractivity contribution in [2.45, 2.75) is 19.8 Å². The maximum Gasteiger partial charge on any atom is 0.338 e. The average Bonchev–Trinajstić information content (AvgIpc) is 2.76. The Balaban J connectivity index is 1.41. The molecule has 1 saturated heterocycles. The number of carbonyl (C=O) groups excluding carboxylic acids is 1. The topological polar surface area (TPSA) is 32.8 Å². The van der Waals surface area contributed by atoms with Crippen LogP contribution in [0.15, 0.2) is 54.6 Å². The third kappa shape index (κ3) is 6.69. The van der Waals surface area contributed by atoms with Gasteiger partial charge in [0.1, 0.15) is 0 Å². The van der Waals surface area contributed by atoms with Crippen LogP contribution in [-0.2, 0) is 4.74 Å². The maximum atomic E-state index is 11.8. The normalized spacial score (nSPS) is 16.6. The number of esters is 1. The number of halogens is 1. The maximum absolute atomic E-state index is 11.8. The van der Waals surface area contributed by atoms with Gasteiger partial charge in [-0.05, 0) is 48.2 Å². The van der Waals surface area contributed by atoms with Crippen LogP contribution in [-0.4, -0.2) is 61.6 Å². The highest BCUT2D eigenvalue weighted by Gasteiger charge is 2.18. The molecule has 2 aromatic carbocycles. The number of piperazine rings is 1. The minimum Gasteiger partial charge on any atom is -0.462 e. The van der Waals surface area contributed by atoms with E-state index >= 15 is 0 Å². The van der Waals surface area contributed by atoms with Gasteiger partial charge in [0.15, 0.2) is 0 Å². The molecule has 0 spiro atoms. The Bertz CT molecular complexity index is 825. The standard InChI is InChI=1S/C25H31ClN2O2/c1-3-30-25(29)23-10-8-22(9-11-23)20(2)19-28-17-15-27(16-18-28)14-4-5-21-6-12-24(26)13-7-21/h4-13,20H,3,14-19H2,1-2H3/b5-4+. The second-order valence-corrected chi connectivity index (χ2v) is 8.24. The number of carbonyl (C=O) groups is 1. The van der Waals surface area contributed by atoms with E-state index in [0.29, 0.717) is 18.1 Å². The molecule has 30 heavy (non-hydrogen) atoms. The fourth-order valence-corrected chi connectivity index (χ4v) is 3.85. The van der Waals surface area contributed by atoms with Gasteiger partial charge in [-0.1, -0.05) is 54.9 Å². The fraction of sp³-hybridized carbons (Fsp3) is 0.400. The average molecular weight is 427 g/mol. The van der Waals surface area contributed by atoms with Crippen molar-refractivity contribution in [2.24, 2.45) is 0 Å². The molecule has 1 unspecified atom stereocenters. The van der Waals surface area contributed by atoms with Crippen LogP contribution in [0.25, 0.3) is 6.08 Å². The Kier molecular flexibility index (Phi) is 8.50. The second kappa shape index (κ2) is 11.3. The molecule has 0 radical (unpaired) electrons. The van der Waals surface area contributed by atoms with Crippen LogP contribution in [0.2, 0.25) is 5.02 Å². The van der Waals surface area contributed by atoms with E-state index < -0.39 is 0 Å². The van der Waals surface area contributed by atoms with Crippen LogP contribution >= 0.6 is 11.6 Å². The Morgan fingerprint density at radius 3 is 2.30 bits per heavy atom. The highest BCUT2D eigenvalue weighted by atomic mass is 35.5. The molecule has 3 rings (SSSR count). The number of hydrogen-bond donors (Lipinski definition) is 0. The van der Waals surface area contributed by atoms with Crippen LogP contribution in [0.5, 0.6) is 0 Å². The molecule has 0 aliphatic carbocycles. The van der Waals surface area contributed by atoms with E-state index in [1.165, 1.54) is 11.1 Å². The quantitative estimate of drug-likeness (QED) is 0.559. The summed E-state index contributed by atoms with van der Waals surface area (Å²) in [4.78, 5) is 16.8. The van der Waals surface area contributed by atoms with Crippen molar-refractivity contribution >= 4 is 23.6 Å². The zero-order valence-electron chi connectivity index (χ0n) is 17.9. The number of ether oxygens (including phenoxy) is 1. The van der Waals surface area contributed by atoms with Gasteiger partial charge in [-0.15, -0.1) is 0 Å². The van der Waals surface area contributed by atoms with E-state index in [9.17, 15) is 4.79 Å². The third-order valence-electron chi connectivity index (χ3n) is 5.53. The lowest BCUT2D eigenvalue weighted by Gasteiger charge is -2.35. The van der Waals surface area contributed by atoms with E-state index in [0.717, 1.165) is 44.3 Å². The molecule has 1 aliphatic rings. The Morgan fingerprint density at radius 1 is 1.03 bits per heavy atom. The smallest absolute Gasteiger partial charge is 0.338 e. The van der Waals surface area contributed by atoms with Crippen molar-refractivity contribution in [1.29, 1.82) is 0 Å². The van der Waals surface area contributed by atoms with Crippen LogP contribution in [0.4, 0.5) is 0 Å². The predicted molar refractivity (Wildman–Crippen MR) is 124 cm³/mol. The lowest BCUT2D eigenvalue weighted by Crippen LogP contribution is -2.47. The van der Waals surface area contributed by atoms with Crippen LogP contribution < -0.4 is 0 Å². The summed E-state index contributed by atoms with van der Waals surface area (Å²) in [6.45, 7) is 10.8. The molecule has 2 aromatic rings. The van der Waals surface area contributed by atoms with Gasteiger partial charge in [0, 0.05) is 44.3 Å². The van der Waals surface area contributed by atoms with Gasteiger partial charge >= 0.3 is 5.97 Å². The molecular formula is C25H31ClN2O2. The van der Waals surface area contributed by atoms with Gasteiger partial charge in [-0.25, -0.2) is 4.79 Å². The number of benzene rings is 2. The summed E-state index contributed by atoms with van der Waals surface area (Å²) in [5, 5.41) is 0.771. The van der Waals surface area contributed by atoms with E-state index in [1.54, 1.807) is 0 Å². The van der Waals surface area contributed by atoms with E-state index in [4.69, 9.17) is 16.3 Å². The number of nitrogens with zero attached hydrogens (tertiary/aromatic N) is 2. The molecule has 5 heteroatoms. The summed E-state index contributed by atoms with van der Waals surface area (Å²) in [7, 11) is 0. The minimum atomic E-state index is -0.252. The number of hydrogen-bond acceptors (Lipinski definition) is 4. The minimum absolute atomic E-state index is 0.252. The lowest BCUT2D eigenvalue weighted by molar-refractivity contribution is 0.0526. The van der Waals surface area contributed by atoms with Gasteiger partial charge in [0.05, 0.1) is 12.2 Å². The summed E-state index contributed by atoms with van der Waals surface area (Å²) in [6.07, 6.45) is 4.39. The van der Waals surface area contributed by atoms with Crippen molar-refractivity contribution in [3.63, 3.8) is 0 Å². The van der Waals surface area contributed by atoms with Crippen molar-refractivity contribution < 1.29 is 9.53 Å². The van der Waals surface area contributed by atoms with Crippen LogP contribution in [0.3, 0.4) is 0 Å². The second-order valence-electron chi connectivity index (χ2n) is 7.80. The van der Waals surface area contributed by atoms with Gasteiger partial charge in [0.2, 0.25) is 0 Å². The summed E-state index contributed by atoms with van der Waals surface area (Å²) in [5.41, 5.74) is 3.06. The SMILES string of the molecule is CCOC(=O)c1ccc(C(C)CN2CCN(C/C=C/c3ccc(Cl)cc3)CC2)cc1. The molecule has 0 amide bonds. The van der Waals surface area contributed by atoms with Crippen molar-refractivity contribution in [1.82, 2.24) is 9.80 Å². The summed E-state index contributed by atoms with van der Waals surface area (Å²) in [6, 6.07) is 15.8. The molecule has 1 heterocycles. The van der Waals surface area contributed by atoms with Crippen molar-refractivity contribution in [3.05, 3.63) is 76.3 Å².